The maximum atomic E-state index is 10.1. The molecule has 0 radical (unpaired) electrons. The van der Waals surface area contributed by atoms with Crippen molar-refractivity contribution in [2.75, 3.05) is 0 Å². The zero-order chi connectivity index (χ0) is 16.9. The van der Waals surface area contributed by atoms with Gasteiger partial charge in [0.2, 0.25) is 0 Å². The fourth-order valence-electron chi connectivity index (χ4n) is 3.21. The van der Waals surface area contributed by atoms with E-state index in [0.29, 0.717) is 0 Å². The Morgan fingerprint density at radius 3 is 1.38 bits per heavy atom. The molecule has 0 saturated carbocycles. The van der Waals surface area contributed by atoms with Gasteiger partial charge >= 0.3 is 0 Å². The lowest BCUT2D eigenvalue weighted by Crippen LogP contribution is -2.06. The third-order valence-electron chi connectivity index (χ3n) is 4.69. The van der Waals surface area contributed by atoms with E-state index < -0.39 is 0 Å². The van der Waals surface area contributed by atoms with Gasteiger partial charge < -0.3 is 5.11 Å². The molecule has 0 aromatic heterocycles. The lowest BCUT2D eigenvalue weighted by atomic mass is 10.0. The average Bonchev–Trinajstić information content (AvgIpc) is 2.63. The molecule has 0 heterocycles. The predicted octanol–water partition coefficient (Wildman–Crippen LogP) is 5.95. The molecule has 2 rings (SSSR count). The van der Waals surface area contributed by atoms with Crippen LogP contribution in [0.3, 0.4) is 0 Å². The SMILES string of the molecule is OC(CCCCCc1ccccc1)CCCCCc1ccccc1. The van der Waals surface area contributed by atoms with Crippen LogP contribution in [-0.2, 0) is 12.8 Å². The number of aliphatic hydroxyl groups excluding tert-OH is 1. The number of benzene rings is 2. The third-order valence-corrected chi connectivity index (χ3v) is 4.69. The van der Waals surface area contributed by atoms with Crippen molar-refractivity contribution in [2.45, 2.75) is 70.3 Å². The van der Waals surface area contributed by atoms with Gasteiger partial charge in [-0.1, -0.05) is 86.3 Å². The van der Waals surface area contributed by atoms with Crippen LogP contribution < -0.4 is 0 Å². The van der Waals surface area contributed by atoms with Crippen LogP contribution in [0.4, 0.5) is 0 Å². The number of unbranched alkanes of at least 4 members (excludes halogenated alkanes) is 4. The highest BCUT2D eigenvalue weighted by Gasteiger charge is 2.04. The largest absolute Gasteiger partial charge is 0.393 e. The van der Waals surface area contributed by atoms with Gasteiger partial charge in [-0.3, -0.25) is 0 Å². The van der Waals surface area contributed by atoms with Crippen LogP contribution in [0, 0.1) is 0 Å². The monoisotopic (exact) mass is 324 g/mol. The summed E-state index contributed by atoms with van der Waals surface area (Å²) in [5.74, 6) is 0. The molecular weight excluding hydrogens is 292 g/mol. The molecule has 0 atom stereocenters. The normalized spacial score (nSPS) is 11.1. The first-order valence-electron chi connectivity index (χ1n) is 9.60. The molecule has 130 valence electrons. The van der Waals surface area contributed by atoms with E-state index in [2.05, 4.69) is 60.7 Å². The van der Waals surface area contributed by atoms with Crippen molar-refractivity contribution in [2.24, 2.45) is 0 Å². The Morgan fingerprint density at radius 2 is 0.958 bits per heavy atom. The van der Waals surface area contributed by atoms with Crippen LogP contribution in [0.15, 0.2) is 60.7 Å². The molecule has 0 aliphatic heterocycles. The van der Waals surface area contributed by atoms with Crippen LogP contribution in [-0.4, -0.2) is 11.2 Å². The van der Waals surface area contributed by atoms with E-state index in [1.165, 1.54) is 36.8 Å². The highest BCUT2D eigenvalue weighted by molar-refractivity contribution is 5.15. The summed E-state index contributed by atoms with van der Waals surface area (Å²) < 4.78 is 0. The van der Waals surface area contributed by atoms with Crippen LogP contribution in [0.25, 0.3) is 0 Å². The lowest BCUT2D eigenvalue weighted by Gasteiger charge is -2.10. The average molecular weight is 325 g/mol. The van der Waals surface area contributed by atoms with Gasteiger partial charge in [-0.2, -0.15) is 0 Å². The number of aliphatic hydroxyl groups is 1. The number of hydrogen-bond donors (Lipinski definition) is 1. The van der Waals surface area contributed by atoms with E-state index in [1.54, 1.807) is 0 Å². The van der Waals surface area contributed by atoms with Gasteiger partial charge in [-0.05, 0) is 49.7 Å². The second-order valence-corrected chi connectivity index (χ2v) is 6.82. The summed E-state index contributed by atoms with van der Waals surface area (Å²) in [4.78, 5) is 0. The Morgan fingerprint density at radius 1 is 0.542 bits per heavy atom. The van der Waals surface area contributed by atoms with E-state index in [4.69, 9.17) is 0 Å². The van der Waals surface area contributed by atoms with E-state index in [-0.39, 0.29) is 6.10 Å². The standard InChI is InChI=1S/C23H32O/c24-23(19-11-3-9-17-21-13-5-1-6-14-21)20-12-4-10-18-22-15-7-2-8-16-22/h1-2,5-8,13-16,23-24H,3-4,9-12,17-20H2. The molecule has 24 heavy (non-hydrogen) atoms. The molecule has 2 aromatic carbocycles. The maximum absolute atomic E-state index is 10.1. The molecule has 1 nitrogen and oxygen atoms in total. The second kappa shape index (κ2) is 11.9. The van der Waals surface area contributed by atoms with Gasteiger partial charge in [0.15, 0.2) is 0 Å². The lowest BCUT2D eigenvalue weighted by molar-refractivity contribution is 0.147. The predicted molar refractivity (Wildman–Crippen MR) is 103 cm³/mol. The summed E-state index contributed by atoms with van der Waals surface area (Å²) in [7, 11) is 0. The Bertz CT molecular complexity index is 471. The second-order valence-electron chi connectivity index (χ2n) is 6.82. The summed E-state index contributed by atoms with van der Waals surface area (Å²) in [5.41, 5.74) is 2.85. The summed E-state index contributed by atoms with van der Waals surface area (Å²) in [6.45, 7) is 0. The van der Waals surface area contributed by atoms with Crippen molar-refractivity contribution in [3.05, 3.63) is 71.8 Å². The van der Waals surface area contributed by atoms with Gasteiger partial charge in [0, 0.05) is 0 Å². The van der Waals surface area contributed by atoms with Gasteiger partial charge in [0.25, 0.3) is 0 Å². The van der Waals surface area contributed by atoms with Gasteiger partial charge in [-0.25, -0.2) is 0 Å². The van der Waals surface area contributed by atoms with Crippen molar-refractivity contribution in [1.29, 1.82) is 0 Å². The molecule has 0 amide bonds. The molecule has 1 heteroatoms. The molecule has 0 aliphatic rings. The number of hydrogen-bond acceptors (Lipinski definition) is 1. The quantitative estimate of drug-likeness (QED) is 0.478. The summed E-state index contributed by atoms with van der Waals surface area (Å²) in [6, 6.07) is 21.4. The first-order valence-corrected chi connectivity index (χ1v) is 9.60. The van der Waals surface area contributed by atoms with E-state index in [9.17, 15) is 5.11 Å². The smallest absolute Gasteiger partial charge is 0.0540 e. The van der Waals surface area contributed by atoms with Crippen molar-refractivity contribution in [1.82, 2.24) is 0 Å². The summed E-state index contributed by atoms with van der Waals surface area (Å²) in [5, 5.41) is 10.1. The Kier molecular flexibility index (Phi) is 9.26. The fraction of sp³-hybridized carbons (Fsp3) is 0.478. The number of aryl methyl sites for hydroxylation is 2. The molecule has 1 N–H and O–H groups in total. The third kappa shape index (κ3) is 8.31. The van der Waals surface area contributed by atoms with Gasteiger partial charge in [-0.15, -0.1) is 0 Å². The molecule has 2 aromatic rings. The molecule has 0 unspecified atom stereocenters. The zero-order valence-electron chi connectivity index (χ0n) is 14.9. The first-order chi connectivity index (χ1) is 11.8. The van der Waals surface area contributed by atoms with Gasteiger partial charge in [0.1, 0.15) is 0 Å². The fourth-order valence-corrected chi connectivity index (χ4v) is 3.21. The highest BCUT2D eigenvalue weighted by atomic mass is 16.3. The number of rotatable bonds is 12. The van der Waals surface area contributed by atoms with Crippen LogP contribution in [0.5, 0.6) is 0 Å². The van der Waals surface area contributed by atoms with Crippen LogP contribution >= 0.6 is 0 Å². The minimum Gasteiger partial charge on any atom is -0.393 e. The van der Waals surface area contributed by atoms with Gasteiger partial charge in [0.05, 0.1) is 6.10 Å². The summed E-state index contributed by atoms with van der Waals surface area (Å²) in [6.07, 6.45) is 11.4. The van der Waals surface area contributed by atoms with Crippen LogP contribution in [0.1, 0.15) is 62.5 Å². The Balaban J connectivity index is 1.42. The van der Waals surface area contributed by atoms with Crippen molar-refractivity contribution in [3.63, 3.8) is 0 Å². The highest BCUT2D eigenvalue weighted by Crippen LogP contribution is 2.14. The van der Waals surface area contributed by atoms with Crippen molar-refractivity contribution < 1.29 is 5.11 Å². The zero-order valence-corrected chi connectivity index (χ0v) is 14.9. The maximum Gasteiger partial charge on any atom is 0.0540 e. The van der Waals surface area contributed by atoms with E-state index in [0.717, 1.165) is 38.5 Å². The van der Waals surface area contributed by atoms with E-state index in [1.807, 2.05) is 0 Å². The molecule has 0 aliphatic carbocycles. The van der Waals surface area contributed by atoms with Crippen LogP contribution in [0.2, 0.25) is 0 Å². The topological polar surface area (TPSA) is 20.2 Å². The van der Waals surface area contributed by atoms with Crippen molar-refractivity contribution >= 4 is 0 Å². The minimum absolute atomic E-state index is 0.0987. The molecule has 0 spiro atoms. The molecule has 0 bridgehead atoms. The van der Waals surface area contributed by atoms with Crippen molar-refractivity contribution in [3.8, 4) is 0 Å². The Hall–Kier alpha value is -1.60. The Labute approximate surface area is 147 Å². The molecule has 0 fully saturated rings. The molecular formula is C23H32O. The first kappa shape index (κ1) is 18.7. The minimum atomic E-state index is -0.0987. The molecule has 0 saturated heterocycles. The van der Waals surface area contributed by atoms with E-state index >= 15 is 0 Å². The summed E-state index contributed by atoms with van der Waals surface area (Å²) >= 11 is 0.